The Morgan fingerprint density at radius 3 is 2.76 bits per heavy atom. The van der Waals surface area contributed by atoms with E-state index in [1.54, 1.807) is 4.90 Å². The predicted octanol–water partition coefficient (Wildman–Crippen LogP) is 3.47. The van der Waals surface area contributed by atoms with E-state index < -0.39 is 12.0 Å². The smallest absolute Gasteiger partial charge is 0.326 e. The average Bonchev–Trinajstić information content (AvgIpc) is 2.93. The van der Waals surface area contributed by atoms with Gasteiger partial charge in [-0.3, -0.25) is 4.79 Å². The van der Waals surface area contributed by atoms with Crippen molar-refractivity contribution in [2.75, 3.05) is 6.54 Å². The second kappa shape index (κ2) is 8.85. The van der Waals surface area contributed by atoms with Gasteiger partial charge in [-0.2, -0.15) is 0 Å². The highest BCUT2D eigenvalue weighted by molar-refractivity contribution is 5.84. The number of amides is 1. The first-order chi connectivity index (χ1) is 9.99. The lowest BCUT2D eigenvalue weighted by molar-refractivity contribution is -0.148. The molecule has 4 heteroatoms. The quantitative estimate of drug-likeness (QED) is 0.663. The maximum absolute atomic E-state index is 12.4. The number of hydrogen-bond donors (Lipinski definition) is 1. The first kappa shape index (κ1) is 17.7. The summed E-state index contributed by atoms with van der Waals surface area (Å²) in [4.78, 5) is 25.1. The van der Waals surface area contributed by atoms with E-state index in [4.69, 9.17) is 5.11 Å². The SMILES string of the molecule is C=CCCC(C)CC(CC)CC(=O)N1CCCC1C(=O)O. The molecule has 1 aliphatic rings. The van der Waals surface area contributed by atoms with E-state index >= 15 is 0 Å². The Labute approximate surface area is 128 Å². The zero-order valence-corrected chi connectivity index (χ0v) is 13.4. The van der Waals surface area contributed by atoms with Gasteiger partial charge in [-0.15, -0.1) is 6.58 Å². The monoisotopic (exact) mass is 295 g/mol. The van der Waals surface area contributed by atoms with E-state index in [1.807, 2.05) is 6.08 Å². The minimum absolute atomic E-state index is 0.0164. The molecule has 3 unspecified atom stereocenters. The van der Waals surface area contributed by atoms with Gasteiger partial charge in [0.1, 0.15) is 6.04 Å². The average molecular weight is 295 g/mol. The van der Waals surface area contributed by atoms with Gasteiger partial charge in [-0.25, -0.2) is 4.79 Å². The van der Waals surface area contributed by atoms with Gasteiger partial charge in [0.2, 0.25) is 5.91 Å². The minimum atomic E-state index is -0.867. The fourth-order valence-corrected chi connectivity index (χ4v) is 3.17. The molecule has 1 saturated heterocycles. The van der Waals surface area contributed by atoms with Crippen molar-refractivity contribution >= 4 is 11.9 Å². The first-order valence-corrected chi connectivity index (χ1v) is 8.12. The topological polar surface area (TPSA) is 57.6 Å². The van der Waals surface area contributed by atoms with Crippen molar-refractivity contribution < 1.29 is 14.7 Å². The third kappa shape index (κ3) is 5.52. The Kier molecular flexibility index (Phi) is 7.48. The summed E-state index contributed by atoms with van der Waals surface area (Å²) >= 11 is 0. The van der Waals surface area contributed by atoms with Crippen molar-refractivity contribution in [2.45, 2.75) is 64.8 Å². The maximum atomic E-state index is 12.4. The van der Waals surface area contributed by atoms with Crippen molar-refractivity contribution in [1.82, 2.24) is 4.90 Å². The predicted molar refractivity (Wildman–Crippen MR) is 84.0 cm³/mol. The molecule has 1 fully saturated rings. The Bertz CT molecular complexity index is 367. The lowest BCUT2D eigenvalue weighted by Crippen LogP contribution is -2.41. The number of rotatable bonds is 9. The van der Waals surface area contributed by atoms with Crippen LogP contribution < -0.4 is 0 Å². The highest BCUT2D eigenvalue weighted by Gasteiger charge is 2.34. The second-order valence-corrected chi connectivity index (χ2v) is 6.27. The third-order valence-corrected chi connectivity index (χ3v) is 4.50. The number of likely N-dealkylation sites (tertiary alicyclic amines) is 1. The van der Waals surface area contributed by atoms with E-state index in [9.17, 15) is 9.59 Å². The van der Waals surface area contributed by atoms with Gasteiger partial charge in [0.15, 0.2) is 0 Å². The molecule has 0 spiro atoms. The van der Waals surface area contributed by atoms with Crippen molar-refractivity contribution in [3.63, 3.8) is 0 Å². The van der Waals surface area contributed by atoms with E-state index in [0.29, 0.717) is 31.2 Å². The number of carbonyl (C=O) groups is 2. The van der Waals surface area contributed by atoms with Crippen LogP contribution in [-0.2, 0) is 9.59 Å². The van der Waals surface area contributed by atoms with Crippen LogP contribution in [-0.4, -0.2) is 34.5 Å². The second-order valence-electron chi connectivity index (χ2n) is 6.27. The number of aliphatic carboxylic acids is 1. The summed E-state index contributed by atoms with van der Waals surface area (Å²) in [6.45, 7) is 8.66. The molecule has 0 aromatic heterocycles. The summed E-state index contributed by atoms with van der Waals surface area (Å²) in [5, 5.41) is 9.16. The summed E-state index contributed by atoms with van der Waals surface area (Å²) in [6, 6.07) is -0.604. The molecular weight excluding hydrogens is 266 g/mol. The van der Waals surface area contributed by atoms with Gasteiger partial charge >= 0.3 is 5.97 Å². The van der Waals surface area contributed by atoms with Gasteiger partial charge < -0.3 is 10.0 Å². The summed E-state index contributed by atoms with van der Waals surface area (Å²) in [5.74, 6) is 0.0814. The lowest BCUT2D eigenvalue weighted by atomic mass is 9.88. The Hall–Kier alpha value is -1.32. The Balaban J connectivity index is 2.50. The van der Waals surface area contributed by atoms with E-state index in [0.717, 1.165) is 32.1 Å². The van der Waals surface area contributed by atoms with Crippen LogP contribution in [0.5, 0.6) is 0 Å². The summed E-state index contributed by atoms with van der Waals surface area (Å²) in [5.41, 5.74) is 0. The number of carboxylic acid groups (broad SMARTS) is 1. The van der Waals surface area contributed by atoms with Crippen molar-refractivity contribution in [3.8, 4) is 0 Å². The molecule has 0 saturated carbocycles. The standard InChI is InChI=1S/C17H29NO3/c1-4-6-8-13(3)11-14(5-2)12-16(19)18-10-7-9-15(18)17(20)21/h4,13-15H,1,5-12H2,2-3H3,(H,20,21). The largest absolute Gasteiger partial charge is 0.480 e. The number of carboxylic acids is 1. The molecule has 4 nitrogen and oxygen atoms in total. The van der Waals surface area contributed by atoms with Crippen LogP contribution in [0, 0.1) is 11.8 Å². The summed E-state index contributed by atoms with van der Waals surface area (Å²) in [7, 11) is 0. The van der Waals surface area contributed by atoms with Crippen molar-refractivity contribution in [2.24, 2.45) is 11.8 Å². The molecule has 3 atom stereocenters. The van der Waals surface area contributed by atoms with Gasteiger partial charge in [-0.05, 0) is 43.9 Å². The van der Waals surface area contributed by atoms with Gasteiger partial charge in [0.05, 0.1) is 0 Å². The van der Waals surface area contributed by atoms with E-state index in [-0.39, 0.29) is 5.91 Å². The number of nitrogens with zero attached hydrogens (tertiary/aromatic N) is 1. The minimum Gasteiger partial charge on any atom is -0.480 e. The number of carbonyl (C=O) groups excluding carboxylic acids is 1. The van der Waals surface area contributed by atoms with Crippen molar-refractivity contribution in [1.29, 1.82) is 0 Å². The van der Waals surface area contributed by atoms with Crippen LogP contribution in [0.2, 0.25) is 0 Å². The van der Waals surface area contributed by atoms with Crippen LogP contribution in [0.25, 0.3) is 0 Å². The highest BCUT2D eigenvalue weighted by Crippen LogP contribution is 2.25. The van der Waals surface area contributed by atoms with Gasteiger partial charge in [-0.1, -0.05) is 26.3 Å². The molecule has 0 aromatic rings. The van der Waals surface area contributed by atoms with Gasteiger partial charge in [0.25, 0.3) is 0 Å². The zero-order chi connectivity index (χ0) is 15.8. The first-order valence-electron chi connectivity index (χ1n) is 8.12. The van der Waals surface area contributed by atoms with Crippen LogP contribution in [0.1, 0.15) is 58.8 Å². The molecular formula is C17H29NO3. The zero-order valence-electron chi connectivity index (χ0n) is 13.4. The number of allylic oxidation sites excluding steroid dienone is 1. The molecule has 0 aliphatic carbocycles. The van der Waals surface area contributed by atoms with Crippen LogP contribution in [0.3, 0.4) is 0 Å². The molecule has 0 radical (unpaired) electrons. The van der Waals surface area contributed by atoms with Crippen LogP contribution in [0.15, 0.2) is 12.7 Å². The molecule has 1 amide bonds. The third-order valence-electron chi connectivity index (χ3n) is 4.50. The molecule has 21 heavy (non-hydrogen) atoms. The Morgan fingerprint density at radius 1 is 1.48 bits per heavy atom. The maximum Gasteiger partial charge on any atom is 0.326 e. The highest BCUT2D eigenvalue weighted by atomic mass is 16.4. The van der Waals surface area contributed by atoms with Crippen molar-refractivity contribution in [3.05, 3.63) is 12.7 Å². The number of hydrogen-bond acceptors (Lipinski definition) is 2. The molecule has 0 aromatic carbocycles. The van der Waals surface area contributed by atoms with Crippen LogP contribution >= 0.6 is 0 Å². The van der Waals surface area contributed by atoms with Gasteiger partial charge in [0, 0.05) is 13.0 Å². The molecule has 1 rings (SSSR count). The molecule has 1 aliphatic heterocycles. The molecule has 0 bridgehead atoms. The molecule has 1 N–H and O–H groups in total. The summed E-state index contributed by atoms with van der Waals surface area (Å²) < 4.78 is 0. The molecule has 1 heterocycles. The fraction of sp³-hybridized carbons (Fsp3) is 0.765. The van der Waals surface area contributed by atoms with Crippen LogP contribution in [0.4, 0.5) is 0 Å². The molecule has 120 valence electrons. The summed E-state index contributed by atoms with van der Waals surface area (Å²) in [6.07, 6.45) is 7.93. The Morgan fingerprint density at radius 2 is 2.19 bits per heavy atom. The normalized spacial score (nSPS) is 21.0. The fourth-order valence-electron chi connectivity index (χ4n) is 3.17. The van der Waals surface area contributed by atoms with E-state index in [2.05, 4.69) is 20.4 Å². The van der Waals surface area contributed by atoms with E-state index in [1.165, 1.54) is 0 Å². The lowest BCUT2D eigenvalue weighted by Gasteiger charge is -2.25.